The van der Waals surface area contributed by atoms with Crippen LogP contribution in [0.15, 0.2) is 0 Å². The van der Waals surface area contributed by atoms with Crippen LogP contribution in [0.1, 0.15) is 33.1 Å². The summed E-state index contributed by atoms with van der Waals surface area (Å²) in [7, 11) is 1.95. The van der Waals surface area contributed by atoms with E-state index in [-0.39, 0.29) is 6.03 Å². The highest BCUT2D eigenvalue weighted by Gasteiger charge is 2.38. The summed E-state index contributed by atoms with van der Waals surface area (Å²) in [6, 6.07) is 1.11. The molecule has 2 rings (SSSR count). The molecular formula is C13H25N3O. The highest BCUT2D eigenvalue weighted by Crippen LogP contribution is 2.24. The molecule has 2 aliphatic heterocycles. The lowest BCUT2D eigenvalue weighted by molar-refractivity contribution is 0.170. The van der Waals surface area contributed by atoms with Gasteiger partial charge in [-0.3, -0.25) is 0 Å². The van der Waals surface area contributed by atoms with Gasteiger partial charge in [-0.25, -0.2) is 4.79 Å². The van der Waals surface area contributed by atoms with E-state index in [1.165, 1.54) is 0 Å². The minimum Gasteiger partial charge on any atom is -0.323 e. The number of urea groups is 1. The summed E-state index contributed by atoms with van der Waals surface area (Å²) in [6.07, 6.45) is 3.33. The Morgan fingerprint density at radius 3 is 2.59 bits per heavy atom. The average Bonchev–Trinajstić information content (AvgIpc) is 2.58. The third kappa shape index (κ3) is 2.73. The quantitative estimate of drug-likeness (QED) is 0.810. The Hall–Kier alpha value is -0.770. The Balaban J connectivity index is 1.97. The van der Waals surface area contributed by atoms with E-state index in [1.54, 1.807) is 0 Å². The second kappa shape index (κ2) is 5.25. The van der Waals surface area contributed by atoms with Crippen molar-refractivity contribution in [3.8, 4) is 0 Å². The van der Waals surface area contributed by atoms with E-state index in [4.69, 9.17) is 0 Å². The van der Waals surface area contributed by atoms with Gasteiger partial charge in [0.25, 0.3) is 0 Å². The molecular weight excluding hydrogens is 214 g/mol. The number of carbonyl (C=O) groups excluding carboxylic acids is 1. The zero-order valence-corrected chi connectivity index (χ0v) is 11.3. The van der Waals surface area contributed by atoms with Crippen LogP contribution in [0.2, 0.25) is 0 Å². The molecule has 0 aromatic heterocycles. The summed E-state index contributed by atoms with van der Waals surface area (Å²) in [6.45, 7) is 7.48. The Labute approximate surface area is 104 Å². The van der Waals surface area contributed by atoms with Gasteiger partial charge < -0.3 is 15.1 Å². The monoisotopic (exact) mass is 239 g/mol. The van der Waals surface area contributed by atoms with Gasteiger partial charge in [-0.2, -0.15) is 0 Å². The predicted molar refractivity (Wildman–Crippen MR) is 69.0 cm³/mol. The minimum absolute atomic E-state index is 0.238. The van der Waals surface area contributed by atoms with Crippen molar-refractivity contribution >= 4 is 6.03 Å². The standard InChI is InChI=1S/C13H25N3O/c1-10(2)8-12-9-16(13(17)15(12)3)11-4-6-14-7-5-11/h10-12,14H,4-9H2,1-3H3. The lowest BCUT2D eigenvalue weighted by atomic mass is 10.0. The van der Waals surface area contributed by atoms with Gasteiger partial charge in [-0.15, -0.1) is 0 Å². The van der Waals surface area contributed by atoms with Gasteiger partial charge in [0.15, 0.2) is 0 Å². The first kappa shape index (κ1) is 12.7. The van der Waals surface area contributed by atoms with Crippen molar-refractivity contribution in [2.75, 3.05) is 26.7 Å². The molecule has 17 heavy (non-hydrogen) atoms. The fraction of sp³-hybridized carbons (Fsp3) is 0.923. The van der Waals surface area contributed by atoms with Crippen LogP contribution in [0.5, 0.6) is 0 Å². The van der Waals surface area contributed by atoms with Gasteiger partial charge in [-0.05, 0) is 38.3 Å². The fourth-order valence-corrected chi connectivity index (χ4v) is 2.99. The van der Waals surface area contributed by atoms with Crippen molar-refractivity contribution in [2.45, 2.75) is 45.2 Å². The third-order valence-electron chi connectivity index (χ3n) is 4.00. The lowest BCUT2D eigenvalue weighted by Gasteiger charge is -2.30. The van der Waals surface area contributed by atoms with Crippen molar-refractivity contribution in [1.29, 1.82) is 0 Å². The second-order valence-electron chi connectivity index (χ2n) is 5.81. The summed E-state index contributed by atoms with van der Waals surface area (Å²) < 4.78 is 0. The van der Waals surface area contributed by atoms with Crippen LogP contribution < -0.4 is 5.32 Å². The van der Waals surface area contributed by atoms with Gasteiger partial charge in [0.2, 0.25) is 0 Å². The number of hydrogen-bond donors (Lipinski definition) is 1. The number of amides is 2. The summed E-state index contributed by atoms with van der Waals surface area (Å²) in [4.78, 5) is 16.3. The van der Waals surface area contributed by atoms with Gasteiger partial charge in [0.05, 0.1) is 6.04 Å². The average molecular weight is 239 g/mol. The first-order valence-corrected chi connectivity index (χ1v) is 6.83. The second-order valence-corrected chi connectivity index (χ2v) is 5.81. The highest BCUT2D eigenvalue weighted by atomic mass is 16.2. The number of likely N-dealkylation sites (N-methyl/N-ethyl adjacent to an activating group) is 1. The Bertz CT molecular complexity index is 274. The molecule has 4 heteroatoms. The van der Waals surface area contributed by atoms with E-state index in [2.05, 4.69) is 24.1 Å². The van der Waals surface area contributed by atoms with Crippen LogP contribution in [0.3, 0.4) is 0 Å². The first-order chi connectivity index (χ1) is 8.09. The number of rotatable bonds is 3. The van der Waals surface area contributed by atoms with E-state index >= 15 is 0 Å². The third-order valence-corrected chi connectivity index (χ3v) is 4.00. The SMILES string of the molecule is CC(C)CC1CN(C2CCNCC2)C(=O)N1C. The highest BCUT2D eigenvalue weighted by molar-refractivity contribution is 5.77. The number of piperidine rings is 1. The maximum atomic E-state index is 12.2. The smallest absolute Gasteiger partial charge is 0.320 e. The van der Waals surface area contributed by atoms with Crippen molar-refractivity contribution in [2.24, 2.45) is 5.92 Å². The van der Waals surface area contributed by atoms with Gasteiger partial charge in [0, 0.05) is 19.6 Å². The summed E-state index contributed by atoms with van der Waals surface area (Å²) >= 11 is 0. The van der Waals surface area contributed by atoms with E-state index in [0.29, 0.717) is 18.0 Å². The molecule has 2 aliphatic rings. The van der Waals surface area contributed by atoms with Crippen molar-refractivity contribution in [3.63, 3.8) is 0 Å². The van der Waals surface area contributed by atoms with Crippen molar-refractivity contribution in [1.82, 2.24) is 15.1 Å². The molecule has 0 spiro atoms. The van der Waals surface area contributed by atoms with E-state index < -0.39 is 0 Å². The van der Waals surface area contributed by atoms with Crippen LogP contribution in [0.4, 0.5) is 4.79 Å². The number of hydrogen-bond acceptors (Lipinski definition) is 2. The summed E-state index contributed by atoms with van der Waals surface area (Å²) in [5.41, 5.74) is 0. The van der Waals surface area contributed by atoms with Gasteiger partial charge in [-0.1, -0.05) is 13.8 Å². The maximum Gasteiger partial charge on any atom is 0.320 e. The molecule has 2 amide bonds. The van der Waals surface area contributed by atoms with Gasteiger partial charge in [0.1, 0.15) is 0 Å². The van der Waals surface area contributed by atoms with E-state index in [9.17, 15) is 4.79 Å². The number of carbonyl (C=O) groups is 1. The number of nitrogens with zero attached hydrogens (tertiary/aromatic N) is 2. The molecule has 0 aromatic rings. The van der Waals surface area contributed by atoms with E-state index in [1.807, 2.05) is 11.9 Å². The molecule has 0 aliphatic carbocycles. The molecule has 0 radical (unpaired) electrons. The molecule has 2 saturated heterocycles. The minimum atomic E-state index is 0.238. The lowest BCUT2D eigenvalue weighted by Crippen LogP contribution is -2.44. The number of nitrogens with one attached hydrogen (secondary N) is 1. The molecule has 0 saturated carbocycles. The molecule has 2 heterocycles. The normalized spacial score (nSPS) is 27.3. The fourth-order valence-electron chi connectivity index (χ4n) is 2.99. The maximum absolute atomic E-state index is 12.2. The zero-order valence-electron chi connectivity index (χ0n) is 11.3. The molecule has 4 nitrogen and oxygen atoms in total. The largest absolute Gasteiger partial charge is 0.323 e. The summed E-state index contributed by atoms with van der Waals surface area (Å²) in [5, 5.41) is 3.36. The Morgan fingerprint density at radius 2 is 2.00 bits per heavy atom. The zero-order chi connectivity index (χ0) is 12.4. The van der Waals surface area contributed by atoms with Crippen LogP contribution in [0.25, 0.3) is 0 Å². The first-order valence-electron chi connectivity index (χ1n) is 6.83. The van der Waals surface area contributed by atoms with Crippen molar-refractivity contribution in [3.05, 3.63) is 0 Å². The van der Waals surface area contributed by atoms with Crippen LogP contribution in [-0.4, -0.2) is 54.6 Å². The summed E-state index contributed by atoms with van der Waals surface area (Å²) in [5.74, 6) is 0.656. The predicted octanol–water partition coefficient (Wildman–Crippen LogP) is 1.52. The van der Waals surface area contributed by atoms with Crippen LogP contribution in [-0.2, 0) is 0 Å². The molecule has 1 N–H and O–H groups in total. The molecule has 98 valence electrons. The topological polar surface area (TPSA) is 35.6 Å². The van der Waals surface area contributed by atoms with E-state index in [0.717, 1.165) is 38.9 Å². The molecule has 1 unspecified atom stereocenters. The molecule has 0 aromatic carbocycles. The van der Waals surface area contributed by atoms with Crippen molar-refractivity contribution < 1.29 is 4.79 Å². The molecule has 0 bridgehead atoms. The van der Waals surface area contributed by atoms with Crippen LogP contribution in [0, 0.1) is 5.92 Å². The van der Waals surface area contributed by atoms with Gasteiger partial charge >= 0.3 is 6.03 Å². The Morgan fingerprint density at radius 1 is 1.35 bits per heavy atom. The molecule has 2 fully saturated rings. The van der Waals surface area contributed by atoms with Crippen LogP contribution >= 0.6 is 0 Å². The Kier molecular flexibility index (Phi) is 3.92. The molecule has 1 atom stereocenters.